The van der Waals surface area contributed by atoms with Crippen LogP contribution in [0.3, 0.4) is 0 Å². The van der Waals surface area contributed by atoms with Crippen molar-refractivity contribution < 1.29 is 19.1 Å². The van der Waals surface area contributed by atoms with E-state index in [9.17, 15) is 14.4 Å². The van der Waals surface area contributed by atoms with Crippen LogP contribution in [-0.2, 0) is 16.1 Å². The van der Waals surface area contributed by atoms with Gasteiger partial charge in [-0.05, 0) is 48.3 Å². The van der Waals surface area contributed by atoms with Gasteiger partial charge in [-0.3, -0.25) is 14.5 Å². The molecule has 1 aliphatic rings. The third-order valence-corrected chi connectivity index (χ3v) is 5.19. The zero-order chi connectivity index (χ0) is 19.4. The SMILES string of the molecule is CSCC[C@@H](C(=O)OCc1ccc(Cl)cc1)N1C(=O)c2ccccc2C1=O. The van der Waals surface area contributed by atoms with E-state index in [4.69, 9.17) is 16.3 Å². The number of ether oxygens (including phenoxy) is 1. The normalized spacial score (nSPS) is 14.2. The Morgan fingerprint density at radius 1 is 1.07 bits per heavy atom. The average Bonchev–Trinajstić information content (AvgIpc) is 2.93. The summed E-state index contributed by atoms with van der Waals surface area (Å²) in [4.78, 5) is 39.2. The molecule has 0 saturated heterocycles. The summed E-state index contributed by atoms with van der Waals surface area (Å²) < 4.78 is 5.40. The summed E-state index contributed by atoms with van der Waals surface area (Å²) in [6.07, 6.45) is 2.24. The van der Waals surface area contributed by atoms with Gasteiger partial charge in [0.05, 0.1) is 11.1 Å². The van der Waals surface area contributed by atoms with Crippen LogP contribution < -0.4 is 0 Å². The Bertz CT molecular complexity index is 834. The molecule has 1 aliphatic heterocycles. The number of amides is 2. The molecule has 0 fully saturated rings. The number of nitrogens with zero attached hydrogens (tertiary/aromatic N) is 1. The summed E-state index contributed by atoms with van der Waals surface area (Å²) >= 11 is 7.39. The molecule has 27 heavy (non-hydrogen) atoms. The van der Waals surface area contributed by atoms with Gasteiger partial charge in [0.15, 0.2) is 0 Å². The van der Waals surface area contributed by atoms with E-state index in [-0.39, 0.29) is 6.61 Å². The van der Waals surface area contributed by atoms with Gasteiger partial charge in [-0.1, -0.05) is 35.9 Å². The summed E-state index contributed by atoms with van der Waals surface area (Å²) in [5.74, 6) is -0.877. The Hall–Kier alpha value is -2.31. The number of thioether (sulfide) groups is 1. The second-order valence-corrected chi connectivity index (χ2v) is 7.48. The van der Waals surface area contributed by atoms with Crippen molar-refractivity contribution in [1.29, 1.82) is 0 Å². The highest BCUT2D eigenvalue weighted by atomic mass is 35.5. The number of benzene rings is 2. The number of hydrogen-bond donors (Lipinski definition) is 0. The van der Waals surface area contributed by atoms with E-state index >= 15 is 0 Å². The fourth-order valence-corrected chi connectivity index (χ4v) is 3.49. The zero-order valence-corrected chi connectivity index (χ0v) is 16.3. The first-order valence-electron chi connectivity index (χ1n) is 8.40. The number of fused-ring (bicyclic) bond motifs is 1. The molecule has 2 aromatic carbocycles. The maximum Gasteiger partial charge on any atom is 0.329 e. The van der Waals surface area contributed by atoms with Gasteiger partial charge in [0.2, 0.25) is 0 Å². The Balaban J connectivity index is 1.77. The number of rotatable bonds is 7. The second kappa shape index (κ2) is 8.59. The first-order chi connectivity index (χ1) is 13.0. The Morgan fingerprint density at radius 2 is 1.67 bits per heavy atom. The molecule has 0 spiro atoms. The predicted molar refractivity (Wildman–Crippen MR) is 105 cm³/mol. The molecule has 5 nitrogen and oxygen atoms in total. The fourth-order valence-electron chi connectivity index (χ4n) is 2.90. The Labute approximate surface area is 166 Å². The summed E-state index contributed by atoms with van der Waals surface area (Å²) in [7, 11) is 0. The van der Waals surface area contributed by atoms with Crippen molar-refractivity contribution in [2.75, 3.05) is 12.0 Å². The van der Waals surface area contributed by atoms with E-state index in [1.807, 2.05) is 6.26 Å². The molecule has 0 radical (unpaired) electrons. The van der Waals surface area contributed by atoms with Gasteiger partial charge in [-0.15, -0.1) is 0 Å². The fraction of sp³-hybridized carbons (Fsp3) is 0.250. The van der Waals surface area contributed by atoms with Crippen LogP contribution in [0, 0.1) is 0 Å². The lowest BCUT2D eigenvalue weighted by Gasteiger charge is -2.24. The van der Waals surface area contributed by atoms with E-state index in [2.05, 4.69) is 0 Å². The minimum atomic E-state index is -0.947. The van der Waals surface area contributed by atoms with E-state index in [1.54, 1.807) is 48.5 Å². The third kappa shape index (κ3) is 4.17. The molecule has 0 aromatic heterocycles. The van der Waals surface area contributed by atoms with Crippen molar-refractivity contribution >= 4 is 41.1 Å². The van der Waals surface area contributed by atoms with Crippen molar-refractivity contribution in [2.24, 2.45) is 0 Å². The Kier molecular flexibility index (Phi) is 6.19. The summed E-state index contributed by atoms with van der Waals surface area (Å²) in [5, 5.41) is 0.592. The van der Waals surface area contributed by atoms with Gasteiger partial charge in [0.25, 0.3) is 11.8 Å². The lowest BCUT2D eigenvalue weighted by molar-refractivity contribution is -0.149. The monoisotopic (exact) mass is 403 g/mol. The highest BCUT2D eigenvalue weighted by molar-refractivity contribution is 7.98. The number of hydrogen-bond acceptors (Lipinski definition) is 5. The van der Waals surface area contributed by atoms with E-state index in [0.717, 1.165) is 10.5 Å². The number of imide groups is 1. The molecule has 7 heteroatoms. The highest BCUT2D eigenvalue weighted by Gasteiger charge is 2.43. The Morgan fingerprint density at radius 3 is 2.22 bits per heavy atom. The molecular weight excluding hydrogens is 386 g/mol. The van der Waals surface area contributed by atoms with Crippen LogP contribution in [0.5, 0.6) is 0 Å². The smallest absolute Gasteiger partial charge is 0.329 e. The molecule has 0 bridgehead atoms. The molecule has 140 valence electrons. The van der Waals surface area contributed by atoms with Crippen LogP contribution in [-0.4, -0.2) is 40.7 Å². The number of esters is 1. The second-order valence-electron chi connectivity index (χ2n) is 6.06. The molecule has 0 N–H and O–H groups in total. The van der Waals surface area contributed by atoms with Gasteiger partial charge in [-0.2, -0.15) is 11.8 Å². The molecule has 3 rings (SSSR count). The van der Waals surface area contributed by atoms with Crippen LogP contribution in [0.2, 0.25) is 5.02 Å². The van der Waals surface area contributed by atoms with Crippen molar-refractivity contribution in [2.45, 2.75) is 19.1 Å². The lowest BCUT2D eigenvalue weighted by Crippen LogP contribution is -2.46. The molecule has 1 atom stereocenters. The number of carbonyl (C=O) groups is 3. The maximum atomic E-state index is 12.7. The van der Waals surface area contributed by atoms with Gasteiger partial charge in [0.1, 0.15) is 12.6 Å². The number of halogens is 1. The van der Waals surface area contributed by atoms with E-state index in [0.29, 0.717) is 28.3 Å². The summed E-state index contributed by atoms with van der Waals surface area (Å²) in [6, 6.07) is 12.6. The minimum absolute atomic E-state index is 0.0505. The largest absolute Gasteiger partial charge is 0.459 e. The molecule has 0 aliphatic carbocycles. The van der Waals surface area contributed by atoms with Crippen molar-refractivity contribution in [1.82, 2.24) is 4.90 Å². The van der Waals surface area contributed by atoms with Crippen LogP contribution >= 0.6 is 23.4 Å². The summed E-state index contributed by atoms with van der Waals surface area (Å²) in [6.45, 7) is 0.0505. The first kappa shape index (κ1) is 19.5. The molecule has 2 aromatic rings. The standard InChI is InChI=1S/C20H18ClNO4S/c1-27-11-10-17(20(25)26-12-13-6-8-14(21)9-7-13)22-18(23)15-4-2-3-5-16(15)19(22)24/h2-9,17H,10-12H2,1H3/t17-/m0/s1. The van der Waals surface area contributed by atoms with Crippen molar-refractivity contribution in [3.05, 3.63) is 70.2 Å². The topological polar surface area (TPSA) is 63.7 Å². The van der Waals surface area contributed by atoms with Crippen molar-refractivity contribution in [3.63, 3.8) is 0 Å². The quantitative estimate of drug-likeness (QED) is 0.519. The molecule has 1 heterocycles. The first-order valence-corrected chi connectivity index (χ1v) is 10.2. The van der Waals surface area contributed by atoms with Gasteiger partial charge < -0.3 is 4.74 Å². The molecule has 0 unspecified atom stereocenters. The van der Waals surface area contributed by atoms with Gasteiger partial charge >= 0.3 is 5.97 Å². The lowest BCUT2D eigenvalue weighted by atomic mass is 10.1. The average molecular weight is 404 g/mol. The van der Waals surface area contributed by atoms with Crippen LogP contribution in [0.15, 0.2) is 48.5 Å². The van der Waals surface area contributed by atoms with Crippen LogP contribution in [0.25, 0.3) is 0 Å². The predicted octanol–water partition coefficient (Wildman–Crippen LogP) is 3.80. The van der Waals surface area contributed by atoms with Gasteiger partial charge in [-0.25, -0.2) is 4.79 Å². The molecule has 2 amide bonds. The van der Waals surface area contributed by atoms with Gasteiger partial charge in [0, 0.05) is 5.02 Å². The zero-order valence-electron chi connectivity index (χ0n) is 14.7. The molecule has 0 saturated carbocycles. The highest BCUT2D eigenvalue weighted by Crippen LogP contribution is 2.26. The molecular formula is C20H18ClNO4S. The van der Waals surface area contributed by atoms with Crippen LogP contribution in [0.1, 0.15) is 32.7 Å². The van der Waals surface area contributed by atoms with Crippen LogP contribution in [0.4, 0.5) is 0 Å². The maximum absolute atomic E-state index is 12.7. The van der Waals surface area contributed by atoms with E-state index < -0.39 is 23.8 Å². The van der Waals surface area contributed by atoms with Crippen molar-refractivity contribution in [3.8, 4) is 0 Å². The summed E-state index contributed by atoms with van der Waals surface area (Å²) in [5.41, 5.74) is 1.42. The third-order valence-electron chi connectivity index (χ3n) is 4.30. The van der Waals surface area contributed by atoms with E-state index in [1.165, 1.54) is 11.8 Å². The minimum Gasteiger partial charge on any atom is -0.459 e. The number of carbonyl (C=O) groups excluding carboxylic acids is 3.